The van der Waals surface area contributed by atoms with Crippen molar-refractivity contribution in [1.29, 1.82) is 10.7 Å². The summed E-state index contributed by atoms with van der Waals surface area (Å²) in [5.41, 5.74) is 1.39. The van der Waals surface area contributed by atoms with Crippen molar-refractivity contribution in [3.05, 3.63) is 23.8 Å². The van der Waals surface area contributed by atoms with Gasteiger partial charge in [-0.15, -0.1) is 0 Å². The van der Waals surface area contributed by atoms with E-state index in [-0.39, 0.29) is 31.4 Å². The molecule has 130 valence electrons. The van der Waals surface area contributed by atoms with Gasteiger partial charge in [-0.25, -0.2) is 5.84 Å². The summed E-state index contributed by atoms with van der Waals surface area (Å²) in [6.45, 7) is 0.497. The van der Waals surface area contributed by atoms with Crippen molar-refractivity contribution in [3.8, 4) is 11.8 Å². The van der Waals surface area contributed by atoms with Crippen LogP contribution in [0.4, 0.5) is 5.69 Å². The van der Waals surface area contributed by atoms with E-state index in [1.54, 1.807) is 25.2 Å². The number of aldehydes is 1. The van der Waals surface area contributed by atoms with Crippen molar-refractivity contribution >= 4 is 17.8 Å². The van der Waals surface area contributed by atoms with Crippen LogP contribution in [0.5, 0.6) is 5.75 Å². The van der Waals surface area contributed by atoms with Crippen LogP contribution < -0.4 is 20.8 Å². The van der Waals surface area contributed by atoms with Gasteiger partial charge in [-0.2, -0.15) is 5.26 Å². The lowest BCUT2D eigenvalue weighted by Gasteiger charge is -2.22. The summed E-state index contributed by atoms with van der Waals surface area (Å²) in [5, 5.41) is 20.8. The molecule has 0 unspecified atom stereocenters. The van der Waals surface area contributed by atoms with Crippen molar-refractivity contribution in [2.75, 3.05) is 39.2 Å². The standard InChI is InChI=1S/C16H24N6O2/c1-20-13(10-23)11-24-15-6-5-12(9-14(15)21(2)3)16(18)22(19)8-4-7-17/h5-6,9-10,13,18,20H,4,8,11,19H2,1-3H3/t13-/m1/s1. The zero-order valence-corrected chi connectivity index (χ0v) is 14.2. The summed E-state index contributed by atoms with van der Waals surface area (Å²) in [6, 6.07) is 6.88. The third kappa shape index (κ3) is 5.22. The quantitative estimate of drug-likeness (QED) is 0.196. The first kappa shape index (κ1) is 19.4. The Morgan fingerprint density at radius 2 is 2.25 bits per heavy atom. The maximum Gasteiger partial charge on any atom is 0.142 e. The summed E-state index contributed by atoms with van der Waals surface area (Å²) in [4.78, 5) is 12.7. The maximum atomic E-state index is 10.9. The highest BCUT2D eigenvalue weighted by Gasteiger charge is 2.14. The fourth-order valence-electron chi connectivity index (χ4n) is 1.95. The van der Waals surface area contributed by atoms with E-state index in [1.165, 1.54) is 5.01 Å². The minimum absolute atomic E-state index is 0.126. The first-order valence-electron chi connectivity index (χ1n) is 7.49. The first-order chi connectivity index (χ1) is 11.4. The van der Waals surface area contributed by atoms with Gasteiger partial charge in [0.15, 0.2) is 0 Å². The van der Waals surface area contributed by atoms with Gasteiger partial charge in [0.25, 0.3) is 0 Å². The van der Waals surface area contributed by atoms with Gasteiger partial charge in [0.2, 0.25) is 0 Å². The van der Waals surface area contributed by atoms with E-state index in [0.29, 0.717) is 11.3 Å². The predicted octanol–water partition coefficient (Wildman–Crippen LogP) is 0.333. The third-order valence-electron chi connectivity index (χ3n) is 3.42. The van der Waals surface area contributed by atoms with E-state index >= 15 is 0 Å². The van der Waals surface area contributed by atoms with E-state index in [1.807, 2.05) is 25.1 Å². The first-order valence-corrected chi connectivity index (χ1v) is 7.49. The maximum absolute atomic E-state index is 10.9. The van der Waals surface area contributed by atoms with Crippen LogP contribution in [0.1, 0.15) is 12.0 Å². The lowest BCUT2D eigenvalue weighted by atomic mass is 10.1. The Kier molecular flexibility index (Phi) is 7.68. The SMILES string of the molecule is CN[C@H](C=O)COc1ccc(C(=N)N(N)CCC#N)cc1N(C)C. The molecule has 8 nitrogen and oxygen atoms in total. The van der Waals surface area contributed by atoms with Gasteiger partial charge in [-0.3, -0.25) is 10.4 Å². The molecule has 0 saturated carbocycles. The number of hydrazine groups is 1. The second-order valence-corrected chi connectivity index (χ2v) is 5.37. The minimum atomic E-state index is -0.386. The predicted molar refractivity (Wildman–Crippen MR) is 93.1 cm³/mol. The number of rotatable bonds is 9. The summed E-state index contributed by atoms with van der Waals surface area (Å²) in [6.07, 6.45) is 1.04. The van der Waals surface area contributed by atoms with Crippen molar-refractivity contribution in [1.82, 2.24) is 10.3 Å². The third-order valence-corrected chi connectivity index (χ3v) is 3.42. The number of hydrogen-bond donors (Lipinski definition) is 3. The number of nitrogens with zero attached hydrogens (tertiary/aromatic N) is 3. The molecule has 8 heteroatoms. The van der Waals surface area contributed by atoms with Crippen LogP contribution in [0.2, 0.25) is 0 Å². The number of carbonyl (C=O) groups is 1. The van der Waals surface area contributed by atoms with Crippen LogP contribution in [0.25, 0.3) is 0 Å². The smallest absolute Gasteiger partial charge is 0.142 e. The van der Waals surface area contributed by atoms with Crippen molar-refractivity contribution < 1.29 is 9.53 Å². The van der Waals surface area contributed by atoms with Gasteiger partial charge >= 0.3 is 0 Å². The molecule has 4 N–H and O–H groups in total. The molecule has 0 bridgehead atoms. The summed E-state index contributed by atoms with van der Waals surface area (Å²) >= 11 is 0. The largest absolute Gasteiger partial charge is 0.489 e. The van der Waals surface area contributed by atoms with Gasteiger partial charge < -0.3 is 19.7 Å². The molecular formula is C16H24N6O2. The number of carbonyl (C=O) groups excluding carboxylic acids is 1. The van der Waals surface area contributed by atoms with Crippen LogP contribution in [-0.4, -0.2) is 57.5 Å². The molecular weight excluding hydrogens is 308 g/mol. The molecule has 0 aliphatic rings. The van der Waals surface area contributed by atoms with E-state index in [0.717, 1.165) is 12.0 Å². The molecule has 1 aromatic rings. The fourth-order valence-corrected chi connectivity index (χ4v) is 1.95. The number of nitriles is 1. The highest BCUT2D eigenvalue weighted by atomic mass is 16.5. The molecule has 0 aromatic heterocycles. The van der Waals surface area contributed by atoms with E-state index in [9.17, 15) is 4.79 Å². The molecule has 0 radical (unpaired) electrons. The number of anilines is 1. The summed E-state index contributed by atoms with van der Waals surface area (Å²) in [5.74, 6) is 6.54. The monoisotopic (exact) mass is 332 g/mol. The second kappa shape index (κ2) is 9.50. The van der Waals surface area contributed by atoms with Crippen molar-refractivity contribution in [3.63, 3.8) is 0 Å². The number of hydrogen-bond acceptors (Lipinski definition) is 7. The number of nitrogens with two attached hydrogens (primary N) is 1. The molecule has 0 heterocycles. The Morgan fingerprint density at radius 3 is 2.79 bits per heavy atom. The average molecular weight is 332 g/mol. The van der Waals surface area contributed by atoms with Gasteiger partial charge in [0.05, 0.1) is 24.2 Å². The van der Waals surface area contributed by atoms with E-state index < -0.39 is 0 Å². The zero-order valence-electron chi connectivity index (χ0n) is 14.2. The van der Waals surface area contributed by atoms with Gasteiger partial charge in [0, 0.05) is 26.2 Å². The lowest BCUT2D eigenvalue weighted by Crippen LogP contribution is -2.38. The Labute approximate surface area is 142 Å². The van der Waals surface area contributed by atoms with Crippen LogP contribution in [0.15, 0.2) is 18.2 Å². The number of nitrogens with one attached hydrogen (secondary N) is 2. The molecule has 0 spiro atoms. The number of likely N-dealkylation sites (N-methyl/N-ethyl adjacent to an activating group) is 1. The van der Waals surface area contributed by atoms with Crippen LogP contribution >= 0.6 is 0 Å². The van der Waals surface area contributed by atoms with Crippen LogP contribution in [0, 0.1) is 16.7 Å². The van der Waals surface area contributed by atoms with Gasteiger partial charge in [0.1, 0.15) is 24.5 Å². The average Bonchev–Trinajstić information content (AvgIpc) is 2.59. The molecule has 0 saturated heterocycles. The topological polar surface area (TPSA) is 118 Å². The molecule has 0 aliphatic heterocycles. The zero-order chi connectivity index (χ0) is 18.1. The molecule has 1 rings (SSSR count). The lowest BCUT2D eigenvalue weighted by molar-refractivity contribution is -0.110. The van der Waals surface area contributed by atoms with E-state index in [2.05, 4.69) is 5.32 Å². The van der Waals surface area contributed by atoms with Gasteiger partial charge in [-0.05, 0) is 25.2 Å². The number of benzene rings is 1. The van der Waals surface area contributed by atoms with Gasteiger partial charge in [-0.1, -0.05) is 0 Å². The van der Waals surface area contributed by atoms with Crippen LogP contribution in [-0.2, 0) is 4.79 Å². The van der Waals surface area contributed by atoms with Crippen LogP contribution in [0.3, 0.4) is 0 Å². The Bertz CT molecular complexity index is 611. The summed E-state index contributed by atoms with van der Waals surface area (Å²) in [7, 11) is 5.41. The molecule has 0 amide bonds. The minimum Gasteiger partial charge on any atom is -0.489 e. The summed E-state index contributed by atoms with van der Waals surface area (Å²) < 4.78 is 5.71. The van der Waals surface area contributed by atoms with Crippen molar-refractivity contribution in [2.24, 2.45) is 5.84 Å². The highest BCUT2D eigenvalue weighted by molar-refractivity contribution is 5.97. The normalized spacial score (nSPS) is 11.3. The Morgan fingerprint density at radius 1 is 1.54 bits per heavy atom. The molecule has 1 aromatic carbocycles. The molecule has 24 heavy (non-hydrogen) atoms. The molecule has 0 aliphatic carbocycles. The highest BCUT2D eigenvalue weighted by Crippen LogP contribution is 2.28. The second-order valence-electron chi connectivity index (χ2n) is 5.37. The molecule has 1 atom stereocenters. The Hall–Kier alpha value is -2.63. The molecule has 0 fully saturated rings. The fraction of sp³-hybridized carbons (Fsp3) is 0.438. The van der Waals surface area contributed by atoms with E-state index in [4.69, 9.17) is 21.3 Å². The number of amidine groups is 1. The Balaban J connectivity index is 2.96. The number of ether oxygens (including phenoxy) is 1. The van der Waals surface area contributed by atoms with Crippen molar-refractivity contribution in [2.45, 2.75) is 12.5 Å².